The number of amides is 3. The molecule has 0 fully saturated rings. The van der Waals surface area contributed by atoms with Crippen LogP contribution in [0.5, 0.6) is 0 Å². The highest BCUT2D eigenvalue weighted by atomic mass is 35.5. The predicted molar refractivity (Wildman–Crippen MR) is 134 cm³/mol. The van der Waals surface area contributed by atoms with Crippen molar-refractivity contribution in [2.45, 2.75) is 45.4 Å². The second kappa shape index (κ2) is 14.8. The molecular weight excluding hydrogens is 470 g/mol. The van der Waals surface area contributed by atoms with E-state index >= 15 is 0 Å². The monoisotopic (exact) mass is 501 g/mol. The summed E-state index contributed by atoms with van der Waals surface area (Å²) in [6.07, 6.45) is -0.106. The van der Waals surface area contributed by atoms with Crippen molar-refractivity contribution >= 4 is 35.3 Å². The van der Waals surface area contributed by atoms with E-state index in [2.05, 4.69) is 16.0 Å². The van der Waals surface area contributed by atoms with E-state index in [0.717, 1.165) is 11.1 Å². The Labute approximate surface area is 210 Å². The molecule has 0 aliphatic carbocycles. The average Bonchev–Trinajstić information content (AvgIpc) is 2.85. The molecule has 0 bridgehead atoms. The van der Waals surface area contributed by atoms with Gasteiger partial charge in [0, 0.05) is 6.42 Å². The quantitative estimate of drug-likeness (QED) is 0.365. The molecule has 0 saturated carbocycles. The van der Waals surface area contributed by atoms with Crippen molar-refractivity contribution in [3.8, 4) is 0 Å². The minimum Gasteiger partial charge on any atom is -0.445 e. The summed E-state index contributed by atoms with van der Waals surface area (Å²) in [7, 11) is 0. The van der Waals surface area contributed by atoms with E-state index in [4.69, 9.17) is 16.3 Å². The summed E-state index contributed by atoms with van der Waals surface area (Å²) in [4.78, 5) is 49.7. The summed E-state index contributed by atoms with van der Waals surface area (Å²) < 4.78 is 5.24. The third-order valence-electron chi connectivity index (χ3n) is 5.09. The standard InChI is InChI=1S/C26H32ClN3O5/c1-18(2)13-21(23(31)15-27)29-24(32)16-28-25(33)22(14-19-9-5-3-6-10-19)30-26(34)35-17-20-11-7-4-8-12-20/h3-12,18,21-22H,13-17H2,1-2H3,(H,28,33)(H,29,32)(H,30,34)/t21-,22-/m0/s1. The Morgan fingerprint density at radius 1 is 0.857 bits per heavy atom. The molecule has 2 aromatic rings. The number of ketones is 1. The van der Waals surface area contributed by atoms with Gasteiger partial charge in [-0.25, -0.2) is 4.79 Å². The van der Waals surface area contributed by atoms with E-state index in [1.807, 2.05) is 74.5 Å². The predicted octanol–water partition coefficient (Wildman–Crippen LogP) is 2.98. The first-order valence-electron chi connectivity index (χ1n) is 11.4. The fourth-order valence-electron chi connectivity index (χ4n) is 3.34. The summed E-state index contributed by atoms with van der Waals surface area (Å²) in [5.41, 5.74) is 1.64. The number of halogens is 1. The maximum atomic E-state index is 12.9. The second-order valence-corrected chi connectivity index (χ2v) is 8.78. The molecule has 8 nitrogen and oxygen atoms in total. The maximum Gasteiger partial charge on any atom is 0.408 e. The Hall–Kier alpha value is -3.39. The first kappa shape index (κ1) is 27.9. The van der Waals surface area contributed by atoms with E-state index < -0.39 is 30.0 Å². The van der Waals surface area contributed by atoms with Crippen LogP contribution >= 0.6 is 11.6 Å². The molecule has 0 radical (unpaired) electrons. The van der Waals surface area contributed by atoms with Gasteiger partial charge >= 0.3 is 6.09 Å². The smallest absolute Gasteiger partial charge is 0.408 e. The molecule has 0 spiro atoms. The number of Topliss-reactive ketones (excluding diaryl/α,β-unsaturated/α-hetero) is 1. The van der Waals surface area contributed by atoms with Crippen LogP contribution in [0.1, 0.15) is 31.4 Å². The van der Waals surface area contributed by atoms with Gasteiger partial charge < -0.3 is 20.7 Å². The summed E-state index contributed by atoms with van der Waals surface area (Å²) in [6.45, 7) is 3.56. The van der Waals surface area contributed by atoms with E-state index in [0.29, 0.717) is 6.42 Å². The normalized spacial score (nSPS) is 12.3. The number of benzene rings is 2. The lowest BCUT2D eigenvalue weighted by Crippen LogP contribution is -2.51. The molecule has 3 N–H and O–H groups in total. The van der Waals surface area contributed by atoms with E-state index in [1.165, 1.54) is 0 Å². The van der Waals surface area contributed by atoms with E-state index in [1.54, 1.807) is 0 Å². The molecule has 188 valence electrons. The van der Waals surface area contributed by atoms with Crippen molar-refractivity contribution in [2.24, 2.45) is 5.92 Å². The Morgan fingerprint density at radius 2 is 1.46 bits per heavy atom. The van der Waals surface area contributed by atoms with Crippen LogP contribution in [-0.4, -0.2) is 48.2 Å². The minimum absolute atomic E-state index is 0.0561. The number of alkyl halides is 1. The summed E-state index contributed by atoms with van der Waals surface area (Å²) in [5.74, 6) is -1.40. The average molecular weight is 502 g/mol. The highest BCUT2D eigenvalue weighted by molar-refractivity contribution is 6.28. The van der Waals surface area contributed by atoms with Gasteiger partial charge in [-0.3, -0.25) is 14.4 Å². The Kier molecular flexibility index (Phi) is 11.8. The van der Waals surface area contributed by atoms with Crippen molar-refractivity contribution in [3.05, 3.63) is 71.8 Å². The molecule has 0 heterocycles. The molecule has 9 heteroatoms. The number of hydrogen-bond acceptors (Lipinski definition) is 5. The lowest BCUT2D eigenvalue weighted by molar-refractivity contribution is -0.129. The molecule has 0 aliphatic heterocycles. The van der Waals surface area contributed by atoms with Crippen molar-refractivity contribution in [3.63, 3.8) is 0 Å². The van der Waals surface area contributed by atoms with Crippen LogP contribution in [0.15, 0.2) is 60.7 Å². The Morgan fingerprint density at radius 3 is 2.03 bits per heavy atom. The minimum atomic E-state index is -0.968. The molecular formula is C26H32ClN3O5. The molecule has 2 aromatic carbocycles. The first-order chi connectivity index (χ1) is 16.8. The maximum absolute atomic E-state index is 12.9. The molecule has 3 amide bonds. The number of carbonyl (C=O) groups excluding carboxylic acids is 4. The van der Waals surface area contributed by atoms with E-state index in [-0.39, 0.29) is 37.2 Å². The highest BCUT2D eigenvalue weighted by Gasteiger charge is 2.24. The molecule has 0 unspecified atom stereocenters. The van der Waals surface area contributed by atoms with Gasteiger partial charge in [-0.1, -0.05) is 74.5 Å². The van der Waals surface area contributed by atoms with E-state index in [9.17, 15) is 19.2 Å². The topological polar surface area (TPSA) is 114 Å². The van der Waals surface area contributed by atoms with Crippen LogP contribution in [0.3, 0.4) is 0 Å². The van der Waals surface area contributed by atoms with Crippen molar-refractivity contribution < 1.29 is 23.9 Å². The summed E-state index contributed by atoms with van der Waals surface area (Å²) >= 11 is 5.65. The van der Waals surface area contributed by atoms with Gasteiger partial charge in [-0.2, -0.15) is 0 Å². The van der Waals surface area contributed by atoms with Crippen molar-refractivity contribution in [1.29, 1.82) is 0 Å². The van der Waals surface area contributed by atoms with Crippen molar-refractivity contribution in [1.82, 2.24) is 16.0 Å². The zero-order chi connectivity index (χ0) is 25.6. The van der Waals surface area contributed by atoms with Crippen LogP contribution < -0.4 is 16.0 Å². The van der Waals surface area contributed by atoms with Crippen LogP contribution in [0.2, 0.25) is 0 Å². The third kappa shape index (κ3) is 10.6. The van der Waals surface area contributed by atoms with Gasteiger partial charge in [-0.05, 0) is 23.5 Å². The van der Waals surface area contributed by atoms with Crippen LogP contribution in [0.25, 0.3) is 0 Å². The Bertz CT molecular complexity index is 969. The zero-order valence-electron chi connectivity index (χ0n) is 20.0. The number of ether oxygens (including phenoxy) is 1. The summed E-state index contributed by atoms with van der Waals surface area (Å²) in [5, 5.41) is 7.73. The van der Waals surface area contributed by atoms with Crippen LogP contribution in [0.4, 0.5) is 4.79 Å². The molecule has 0 aliphatic rings. The van der Waals surface area contributed by atoms with Gasteiger partial charge in [0.05, 0.1) is 18.5 Å². The fourth-order valence-corrected chi connectivity index (χ4v) is 3.52. The van der Waals surface area contributed by atoms with Crippen LogP contribution in [0, 0.1) is 5.92 Å². The highest BCUT2D eigenvalue weighted by Crippen LogP contribution is 2.07. The molecule has 0 aromatic heterocycles. The number of nitrogens with one attached hydrogen (secondary N) is 3. The fraction of sp³-hybridized carbons (Fsp3) is 0.385. The van der Waals surface area contributed by atoms with Gasteiger partial charge in [0.1, 0.15) is 12.6 Å². The molecule has 2 atom stereocenters. The van der Waals surface area contributed by atoms with Gasteiger partial charge in [-0.15, -0.1) is 11.6 Å². The van der Waals surface area contributed by atoms with Gasteiger partial charge in [0.15, 0.2) is 5.78 Å². The van der Waals surface area contributed by atoms with Gasteiger partial charge in [0.2, 0.25) is 11.8 Å². The second-order valence-electron chi connectivity index (χ2n) is 8.52. The number of carbonyl (C=O) groups is 4. The first-order valence-corrected chi connectivity index (χ1v) is 12.0. The zero-order valence-corrected chi connectivity index (χ0v) is 20.7. The number of rotatable bonds is 13. The molecule has 0 saturated heterocycles. The summed E-state index contributed by atoms with van der Waals surface area (Å²) in [6, 6.07) is 16.6. The number of alkyl carbamates (subject to hydrolysis) is 1. The largest absolute Gasteiger partial charge is 0.445 e. The van der Waals surface area contributed by atoms with Gasteiger partial charge in [0.25, 0.3) is 0 Å². The SMILES string of the molecule is CC(C)C[C@H](NC(=O)CNC(=O)[C@H](Cc1ccccc1)NC(=O)OCc1ccccc1)C(=O)CCl. The Balaban J connectivity index is 1.97. The van der Waals surface area contributed by atoms with Crippen LogP contribution in [-0.2, 0) is 32.1 Å². The lowest BCUT2D eigenvalue weighted by Gasteiger charge is -2.20. The molecule has 2 rings (SSSR count). The lowest BCUT2D eigenvalue weighted by atomic mass is 10.0. The number of hydrogen-bond donors (Lipinski definition) is 3. The third-order valence-corrected chi connectivity index (χ3v) is 5.35. The van der Waals surface area contributed by atoms with Crippen molar-refractivity contribution in [2.75, 3.05) is 12.4 Å². The molecule has 35 heavy (non-hydrogen) atoms.